The molecule has 0 radical (unpaired) electrons. The highest BCUT2D eigenvalue weighted by Crippen LogP contribution is 2.53. The van der Waals surface area contributed by atoms with Gasteiger partial charge in [0.05, 0.1) is 12.2 Å². The van der Waals surface area contributed by atoms with E-state index in [-0.39, 0.29) is 5.41 Å². The summed E-state index contributed by atoms with van der Waals surface area (Å²) in [5, 5.41) is 0. The maximum absolute atomic E-state index is 4.90. The molecule has 1 saturated heterocycles. The first-order valence-electron chi connectivity index (χ1n) is 9.67. The minimum Gasteiger partial charge on any atom is -0.292 e. The summed E-state index contributed by atoms with van der Waals surface area (Å²) in [5.74, 6) is 6.88. The van der Waals surface area contributed by atoms with E-state index >= 15 is 0 Å². The molecular formula is C22H28N2. The second kappa shape index (κ2) is 6.37. The van der Waals surface area contributed by atoms with Crippen molar-refractivity contribution in [2.75, 3.05) is 19.6 Å². The summed E-state index contributed by atoms with van der Waals surface area (Å²) in [6, 6.07) is 4.67. The van der Waals surface area contributed by atoms with Crippen LogP contribution in [0.1, 0.15) is 69.1 Å². The van der Waals surface area contributed by atoms with E-state index in [1.54, 1.807) is 0 Å². The number of aliphatic imine (C=N–C) groups is 1. The van der Waals surface area contributed by atoms with Crippen LogP contribution in [-0.4, -0.2) is 30.2 Å². The van der Waals surface area contributed by atoms with Gasteiger partial charge < -0.3 is 0 Å². The lowest BCUT2D eigenvalue weighted by Crippen LogP contribution is -2.38. The molecule has 4 rings (SSSR count). The summed E-state index contributed by atoms with van der Waals surface area (Å²) in [6.07, 6.45) is 8.99. The summed E-state index contributed by atoms with van der Waals surface area (Å²) in [4.78, 5) is 7.39. The molecule has 126 valence electrons. The van der Waals surface area contributed by atoms with E-state index < -0.39 is 0 Å². The van der Waals surface area contributed by atoms with Gasteiger partial charge in [-0.15, -0.1) is 0 Å². The van der Waals surface area contributed by atoms with Crippen molar-refractivity contribution >= 4 is 11.4 Å². The Morgan fingerprint density at radius 3 is 2.58 bits per heavy atom. The van der Waals surface area contributed by atoms with Crippen LogP contribution in [0.5, 0.6) is 0 Å². The molecule has 1 aromatic rings. The molecule has 2 heteroatoms. The van der Waals surface area contributed by atoms with E-state index in [9.17, 15) is 0 Å². The molecule has 2 aliphatic heterocycles. The smallest absolute Gasteiger partial charge is 0.0683 e. The van der Waals surface area contributed by atoms with Crippen LogP contribution in [-0.2, 0) is 11.8 Å². The molecule has 0 unspecified atom stereocenters. The second-order valence-electron chi connectivity index (χ2n) is 7.65. The average molecular weight is 320 g/mol. The monoisotopic (exact) mass is 320 g/mol. The molecule has 2 heterocycles. The Hall–Kier alpha value is -1.59. The fourth-order valence-electron chi connectivity index (χ4n) is 4.53. The largest absolute Gasteiger partial charge is 0.292 e. The van der Waals surface area contributed by atoms with Gasteiger partial charge in [-0.2, -0.15) is 0 Å². The predicted octanol–water partition coefficient (Wildman–Crippen LogP) is 4.61. The highest BCUT2D eigenvalue weighted by molar-refractivity contribution is 6.01. The number of aryl methyl sites for hydroxylation is 1. The zero-order chi connectivity index (χ0) is 16.6. The Labute approximate surface area is 146 Å². The fourth-order valence-corrected chi connectivity index (χ4v) is 4.53. The van der Waals surface area contributed by atoms with Crippen LogP contribution in [0.3, 0.4) is 0 Å². The molecule has 0 bridgehead atoms. The molecule has 3 aliphatic rings. The lowest BCUT2D eigenvalue weighted by Gasteiger charge is -2.39. The van der Waals surface area contributed by atoms with Crippen molar-refractivity contribution in [1.29, 1.82) is 0 Å². The summed E-state index contributed by atoms with van der Waals surface area (Å²) in [5.41, 5.74) is 6.86. The normalized spacial score (nSPS) is 21.7. The maximum Gasteiger partial charge on any atom is 0.0683 e. The molecule has 0 atom stereocenters. The van der Waals surface area contributed by atoms with E-state index in [0.717, 1.165) is 13.0 Å². The minimum atomic E-state index is 0.277. The number of nitrogens with zero attached hydrogens (tertiary/aromatic N) is 2. The van der Waals surface area contributed by atoms with Crippen molar-refractivity contribution < 1.29 is 0 Å². The third-order valence-corrected chi connectivity index (χ3v) is 6.28. The summed E-state index contributed by atoms with van der Waals surface area (Å²) < 4.78 is 0. The first kappa shape index (κ1) is 15.9. The van der Waals surface area contributed by atoms with Crippen LogP contribution >= 0.6 is 0 Å². The molecule has 0 N–H and O–H groups in total. The second-order valence-corrected chi connectivity index (χ2v) is 7.65. The van der Waals surface area contributed by atoms with Crippen molar-refractivity contribution in [2.45, 2.75) is 64.2 Å². The van der Waals surface area contributed by atoms with Gasteiger partial charge in [0, 0.05) is 16.7 Å². The van der Waals surface area contributed by atoms with Gasteiger partial charge in [-0.05, 0) is 69.3 Å². The number of piperidine rings is 1. The molecule has 1 aliphatic carbocycles. The van der Waals surface area contributed by atoms with Crippen LogP contribution < -0.4 is 0 Å². The van der Waals surface area contributed by atoms with E-state index in [0.29, 0.717) is 0 Å². The zero-order valence-electron chi connectivity index (χ0n) is 15.1. The number of hydrogen-bond donors (Lipinski definition) is 0. The molecule has 1 saturated carbocycles. The number of likely N-dealkylation sites (tertiary alicyclic amines) is 1. The molecule has 2 nitrogen and oxygen atoms in total. The van der Waals surface area contributed by atoms with E-state index in [1.807, 2.05) is 0 Å². The van der Waals surface area contributed by atoms with E-state index in [2.05, 4.69) is 42.7 Å². The third kappa shape index (κ3) is 2.60. The molecular weight excluding hydrogens is 292 g/mol. The molecule has 1 spiro atoms. The van der Waals surface area contributed by atoms with Gasteiger partial charge >= 0.3 is 0 Å². The first-order chi connectivity index (χ1) is 11.7. The van der Waals surface area contributed by atoms with Crippen LogP contribution in [0.25, 0.3) is 0 Å². The number of hydrogen-bond acceptors (Lipinski definition) is 2. The van der Waals surface area contributed by atoms with Gasteiger partial charge in [0.15, 0.2) is 0 Å². The van der Waals surface area contributed by atoms with Gasteiger partial charge in [-0.1, -0.05) is 37.7 Å². The van der Waals surface area contributed by atoms with Gasteiger partial charge in [0.1, 0.15) is 0 Å². The Morgan fingerprint density at radius 2 is 1.92 bits per heavy atom. The summed E-state index contributed by atoms with van der Waals surface area (Å²) in [7, 11) is 0. The summed E-state index contributed by atoms with van der Waals surface area (Å²) in [6.45, 7) is 7.80. The van der Waals surface area contributed by atoms with Gasteiger partial charge in [-0.25, -0.2) is 0 Å². The van der Waals surface area contributed by atoms with Crippen LogP contribution in [0.4, 0.5) is 5.69 Å². The topological polar surface area (TPSA) is 15.6 Å². The minimum absolute atomic E-state index is 0.277. The average Bonchev–Trinajstić information content (AvgIpc) is 2.86. The first-order valence-corrected chi connectivity index (χ1v) is 9.67. The Balaban J connectivity index is 1.59. The van der Waals surface area contributed by atoms with Gasteiger partial charge in [-0.3, -0.25) is 9.89 Å². The van der Waals surface area contributed by atoms with Crippen molar-refractivity contribution in [2.24, 2.45) is 4.99 Å². The highest BCUT2D eigenvalue weighted by Gasteiger charge is 2.46. The van der Waals surface area contributed by atoms with Crippen molar-refractivity contribution in [3.63, 3.8) is 0 Å². The lowest BCUT2D eigenvalue weighted by molar-refractivity contribution is 0.255. The standard InChI is InChI=1S/C22H28N2/c1-3-18-15-20-21(23-17(2)22(20)10-8-11-22)16-19(18)9-7-14-24-12-5-4-6-13-24/h15-16H,3-6,8,10-14H2,1-2H3. The third-order valence-electron chi connectivity index (χ3n) is 6.28. The zero-order valence-corrected chi connectivity index (χ0v) is 15.1. The number of fused-ring (bicyclic) bond motifs is 2. The van der Waals surface area contributed by atoms with Gasteiger partial charge in [0.2, 0.25) is 0 Å². The number of benzene rings is 1. The molecule has 2 fully saturated rings. The maximum atomic E-state index is 4.90. The molecule has 0 amide bonds. The molecule has 0 aromatic heterocycles. The summed E-state index contributed by atoms with van der Waals surface area (Å²) >= 11 is 0. The Morgan fingerprint density at radius 1 is 1.12 bits per heavy atom. The van der Waals surface area contributed by atoms with Crippen molar-refractivity contribution in [3.8, 4) is 11.8 Å². The fraction of sp³-hybridized carbons (Fsp3) is 0.591. The quantitative estimate of drug-likeness (QED) is 0.726. The SMILES string of the molecule is CCc1cc2c(cc1C#CCN1CCCCC1)N=C(C)C21CCC1. The van der Waals surface area contributed by atoms with E-state index in [4.69, 9.17) is 4.99 Å². The Bertz CT molecular complexity index is 722. The Kier molecular flexibility index (Phi) is 4.22. The van der Waals surface area contributed by atoms with Crippen LogP contribution in [0, 0.1) is 11.8 Å². The van der Waals surface area contributed by atoms with Crippen molar-refractivity contribution in [3.05, 3.63) is 28.8 Å². The van der Waals surface area contributed by atoms with E-state index in [1.165, 1.54) is 79.7 Å². The van der Waals surface area contributed by atoms with Crippen LogP contribution in [0.15, 0.2) is 17.1 Å². The molecule has 24 heavy (non-hydrogen) atoms. The van der Waals surface area contributed by atoms with Crippen LogP contribution in [0.2, 0.25) is 0 Å². The predicted molar refractivity (Wildman–Crippen MR) is 101 cm³/mol. The number of rotatable bonds is 2. The van der Waals surface area contributed by atoms with Gasteiger partial charge in [0.25, 0.3) is 0 Å². The highest BCUT2D eigenvalue weighted by atomic mass is 15.1. The lowest BCUT2D eigenvalue weighted by atomic mass is 9.62. The molecule has 1 aromatic carbocycles. The van der Waals surface area contributed by atoms with Crippen molar-refractivity contribution in [1.82, 2.24) is 4.90 Å².